The minimum Gasteiger partial charge on any atom is -0.497 e. The van der Waals surface area contributed by atoms with Gasteiger partial charge in [0.2, 0.25) is 0 Å². The fraction of sp³-hybridized carbons (Fsp3) is 0.412. The van der Waals surface area contributed by atoms with Crippen LogP contribution in [0, 0.1) is 5.41 Å². The summed E-state index contributed by atoms with van der Waals surface area (Å²) in [4.78, 5) is 14.1. The minimum atomic E-state index is -0.122. The first-order valence-electron chi connectivity index (χ1n) is 7.52. The molecule has 0 radical (unpaired) electrons. The highest BCUT2D eigenvalue weighted by molar-refractivity contribution is 5.92. The number of amides is 1. The Morgan fingerprint density at radius 3 is 2.52 bits per heavy atom. The summed E-state index contributed by atoms with van der Waals surface area (Å²) < 4.78 is 6.81. The molecule has 0 aliphatic heterocycles. The molecular weight excluding hydrogens is 292 g/mol. The Labute approximate surface area is 136 Å². The van der Waals surface area contributed by atoms with Gasteiger partial charge in [-0.1, -0.05) is 13.8 Å². The first kappa shape index (κ1) is 17.0. The Morgan fingerprint density at radius 2 is 1.96 bits per heavy atom. The lowest BCUT2D eigenvalue weighted by Gasteiger charge is -2.28. The van der Waals surface area contributed by atoms with E-state index in [4.69, 9.17) is 10.5 Å². The van der Waals surface area contributed by atoms with Crippen molar-refractivity contribution < 1.29 is 9.53 Å². The van der Waals surface area contributed by atoms with E-state index in [0.29, 0.717) is 18.8 Å². The third kappa shape index (κ3) is 4.10. The smallest absolute Gasteiger partial charge is 0.274 e. The van der Waals surface area contributed by atoms with Crippen LogP contribution in [0.3, 0.4) is 0 Å². The second-order valence-electron chi connectivity index (χ2n) is 6.37. The molecular formula is C17H24N4O2. The van der Waals surface area contributed by atoms with Crippen molar-refractivity contribution in [2.24, 2.45) is 11.1 Å². The zero-order chi connectivity index (χ0) is 17.0. The number of carbonyl (C=O) groups excluding carboxylic acids is 1. The monoisotopic (exact) mass is 316 g/mol. The predicted octanol–water partition coefficient (Wildman–Crippen LogP) is 1.94. The van der Waals surface area contributed by atoms with Crippen LogP contribution in [0.2, 0.25) is 0 Å². The van der Waals surface area contributed by atoms with Gasteiger partial charge in [-0.3, -0.25) is 4.79 Å². The number of ether oxygens (including phenoxy) is 1. The molecule has 2 rings (SSSR count). The molecule has 1 amide bonds. The zero-order valence-corrected chi connectivity index (χ0v) is 14.1. The molecule has 1 heterocycles. The van der Waals surface area contributed by atoms with Gasteiger partial charge in [0.25, 0.3) is 5.91 Å². The number of rotatable bonds is 6. The van der Waals surface area contributed by atoms with Crippen LogP contribution in [0.15, 0.2) is 36.5 Å². The van der Waals surface area contributed by atoms with Crippen molar-refractivity contribution in [3.05, 3.63) is 42.2 Å². The summed E-state index contributed by atoms with van der Waals surface area (Å²) in [5.41, 5.74) is 6.89. The highest BCUT2D eigenvalue weighted by Crippen LogP contribution is 2.17. The maximum absolute atomic E-state index is 12.5. The maximum atomic E-state index is 12.5. The van der Waals surface area contributed by atoms with Gasteiger partial charge in [0, 0.05) is 19.8 Å². The van der Waals surface area contributed by atoms with Gasteiger partial charge < -0.3 is 15.4 Å². The van der Waals surface area contributed by atoms with E-state index in [2.05, 4.69) is 5.10 Å². The number of benzene rings is 1. The van der Waals surface area contributed by atoms with E-state index in [-0.39, 0.29) is 11.3 Å². The van der Waals surface area contributed by atoms with E-state index in [1.54, 1.807) is 36.0 Å². The molecule has 23 heavy (non-hydrogen) atoms. The van der Waals surface area contributed by atoms with Crippen molar-refractivity contribution in [3.63, 3.8) is 0 Å². The quantitative estimate of drug-likeness (QED) is 0.884. The average molecular weight is 316 g/mol. The largest absolute Gasteiger partial charge is 0.497 e. The maximum Gasteiger partial charge on any atom is 0.274 e. The first-order chi connectivity index (χ1) is 10.9. The van der Waals surface area contributed by atoms with Crippen molar-refractivity contribution in [2.45, 2.75) is 13.8 Å². The molecule has 6 nitrogen and oxygen atoms in total. The standard InChI is InChI=1S/C17H24N4O2/c1-17(2,11-18)12-20(3)16(22)15-9-10-21(19-15)13-5-7-14(23-4)8-6-13/h5-10H,11-12,18H2,1-4H3. The summed E-state index contributed by atoms with van der Waals surface area (Å²) in [7, 11) is 3.39. The molecule has 0 bridgehead atoms. The van der Waals surface area contributed by atoms with E-state index < -0.39 is 0 Å². The van der Waals surface area contributed by atoms with E-state index in [9.17, 15) is 4.79 Å². The van der Waals surface area contributed by atoms with Crippen LogP contribution in [0.5, 0.6) is 5.75 Å². The van der Waals surface area contributed by atoms with Crippen molar-refractivity contribution in [1.29, 1.82) is 0 Å². The van der Waals surface area contributed by atoms with Crippen LogP contribution in [-0.4, -0.2) is 47.8 Å². The molecule has 0 saturated carbocycles. The summed E-state index contributed by atoms with van der Waals surface area (Å²) in [6, 6.07) is 9.21. The van der Waals surface area contributed by atoms with Gasteiger partial charge in [0.15, 0.2) is 5.69 Å². The molecule has 0 atom stereocenters. The molecule has 1 aromatic carbocycles. The normalized spacial score (nSPS) is 11.3. The molecule has 0 aliphatic rings. The molecule has 0 spiro atoms. The number of methoxy groups -OCH3 is 1. The lowest BCUT2D eigenvalue weighted by Crippen LogP contribution is -2.39. The van der Waals surface area contributed by atoms with Crippen LogP contribution in [-0.2, 0) is 0 Å². The van der Waals surface area contributed by atoms with Gasteiger partial charge in [-0.15, -0.1) is 0 Å². The Kier molecular flexibility index (Phi) is 5.05. The molecule has 0 saturated heterocycles. The van der Waals surface area contributed by atoms with Crippen LogP contribution < -0.4 is 10.5 Å². The second kappa shape index (κ2) is 6.83. The molecule has 0 fully saturated rings. The summed E-state index contributed by atoms with van der Waals surface area (Å²) in [6.07, 6.45) is 1.77. The SMILES string of the molecule is COc1ccc(-n2ccc(C(=O)N(C)CC(C)(C)CN)n2)cc1. The lowest BCUT2D eigenvalue weighted by molar-refractivity contribution is 0.0734. The fourth-order valence-corrected chi connectivity index (χ4v) is 2.29. The van der Waals surface area contributed by atoms with Crippen LogP contribution in [0.25, 0.3) is 5.69 Å². The number of carbonyl (C=O) groups is 1. The molecule has 2 aromatic rings. The Balaban J connectivity index is 2.13. The van der Waals surface area contributed by atoms with Crippen molar-refractivity contribution in [2.75, 3.05) is 27.2 Å². The van der Waals surface area contributed by atoms with Crippen LogP contribution >= 0.6 is 0 Å². The molecule has 124 valence electrons. The predicted molar refractivity (Wildman–Crippen MR) is 89.9 cm³/mol. The Morgan fingerprint density at radius 1 is 1.30 bits per heavy atom. The lowest BCUT2D eigenvalue weighted by atomic mass is 9.93. The van der Waals surface area contributed by atoms with Gasteiger partial charge in [0.05, 0.1) is 12.8 Å². The summed E-state index contributed by atoms with van der Waals surface area (Å²) in [5.74, 6) is 0.666. The summed E-state index contributed by atoms with van der Waals surface area (Å²) in [5, 5.41) is 4.37. The van der Waals surface area contributed by atoms with Gasteiger partial charge in [-0.25, -0.2) is 4.68 Å². The topological polar surface area (TPSA) is 73.4 Å². The fourth-order valence-electron chi connectivity index (χ4n) is 2.29. The van der Waals surface area contributed by atoms with Crippen LogP contribution in [0.1, 0.15) is 24.3 Å². The zero-order valence-electron chi connectivity index (χ0n) is 14.1. The number of hydrogen-bond donors (Lipinski definition) is 1. The van der Waals surface area contributed by atoms with E-state index >= 15 is 0 Å². The minimum absolute atomic E-state index is 0.112. The average Bonchev–Trinajstić information content (AvgIpc) is 3.03. The molecule has 2 N–H and O–H groups in total. The highest BCUT2D eigenvalue weighted by atomic mass is 16.5. The molecule has 0 aliphatic carbocycles. The molecule has 0 unspecified atom stereocenters. The van der Waals surface area contributed by atoms with Gasteiger partial charge >= 0.3 is 0 Å². The third-order valence-corrected chi connectivity index (χ3v) is 3.71. The highest BCUT2D eigenvalue weighted by Gasteiger charge is 2.23. The van der Waals surface area contributed by atoms with Crippen molar-refractivity contribution in [1.82, 2.24) is 14.7 Å². The van der Waals surface area contributed by atoms with Crippen molar-refractivity contribution in [3.8, 4) is 11.4 Å². The van der Waals surface area contributed by atoms with Gasteiger partial charge in [-0.2, -0.15) is 5.10 Å². The van der Waals surface area contributed by atoms with E-state index in [1.165, 1.54) is 0 Å². The van der Waals surface area contributed by atoms with Crippen molar-refractivity contribution >= 4 is 5.91 Å². The van der Waals surface area contributed by atoms with E-state index in [0.717, 1.165) is 11.4 Å². The number of nitrogens with zero attached hydrogens (tertiary/aromatic N) is 3. The number of nitrogens with two attached hydrogens (primary N) is 1. The van der Waals surface area contributed by atoms with E-state index in [1.807, 2.05) is 38.1 Å². The first-order valence-corrected chi connectivity index (χ1v) is 7.52. The number of hydrogen-bond acceptors (Lipinski definition) is 4. The van der Waals surface area contributed by atoms with Gasteiger partial charge in [0.1, 0.15) is 5.75 Å². The summed E-state index contributed by atoms with van der Waals surface area (Å²) >= 11 is 0. The second-order valence-corrected chi connectivity index (χ2v) is 6.37. The molecule has 1 aromatic heterocycles. The third-order valence-electron chi connectivity index (χ3n) is 3.71. The van der Waals surface area contributed by atoms with Crippen LogP contribution in [0.4, 0.5) is 0 Å². The molecule has 6 heteroatoms. The Hall–Kier alpha value is -2.34. The van der Waals surface area contributed by atoms with Gasteiger partial charge in [-0.05, 0) is 42.3 Å². The number of aromatic nitrogens is 2. The Bertz CT molecular complexity index is 661. The summed E-state index contributed by atoms with van der Waals surface area (Å²) in [6.45, 7) is 5.17.